The summed E-state index contributed by atoms with van der Waals surface area (Å²) in [6, 6.07) is 0.765. The summed E-state index contributed by atoms with van der Waals surface area (Å²) in [6.07, 6.45) is 14.3. The van der Waals surface area contributed by atoms with Crippen molar-refractivity contribution < 1.29 is 9.59 Å². The summed E-state index contributed by atoms with van der Waals surface area (Å²) in [5, 5.41) is 5.63. The van der Waals surface area contributed by atoms with E-state index in [-0.39, 0.29) is 11.9 Å². The molecule has 0 atom stereocenters. The van der Waals surface area contributed by atoms with Gasteiger partial charge in [0.2, 0.25) is 5.91 Å². The first-order valence-corrected chi connectivity index (χ1v) is 11.6. The normalized spacial score (nSPS) is 22.2. The minimum Gasteiger partial charge on any atom is -0.319 e. The van der Waals surface area contributed by atoms with Crippen LogP contribution in [0.3, 0.4) is 0 Å². The lowest BCUT2D eigenvalue weighted by Gasteiger charge is -2.41. The molecule has 0 aromatic carbocycles. The number of aromatic nitrogens is 1. The molecular weight excluding hydrogens is 374 g/mol. The van der Waals surface area contributed by atoms with Crippen LogP contribution >= 0.6 is 11.3 Å². The number of carbonyl (C=O) groups excluding carboxylic acids is 2. The van der Waals surface area contributed by atoms with Crippen molar-refractivity contribution >= 4 is 28.4 Å². The van der Waals surface area contributed by atoms with Crippen LogP contribution in [0.1, 0.15) is 75.5 Å². The van der Waals surface area contributed by atoms with Gasteiger partial charge in [-0.05, 0) is 25.7 Å². The second-order valence-corrected chi connectivity index (χ2v) is 9.37. The van der Waals surface area contributed by atoms with Gasteiger partial charge in [0.05, 0.1) is 6.54 Å². The van der Waals surface area contributed by atoms with Gasteiger partial charge in [-0.1, -0.05) is 38.5 Å². The number of amides is 3. The number of anilines is 1. The summed E-state index contributed by atoms with van der Waals surface area (Å²) in [4.78, 5) is 32.2. The van der Waals surface area contributed by atoms with Gasteiger partial charge < -0.3 is 4.90 Å². The minimum absolute atomic E-state index is 0.0224. The molecule has 2 N–H and O–H groups in total. The van der Waals surface area contributed by atoms with Crippen molar-refractivity contribution in [2.75, 3.05) is 11.9 Å². The van der Waals surface area contributed by atoms with Gasteiger partial charge in [-0.25, -0.2) is 14.8 Å². The summed E-state index contributed by atoms with van der Waals surface area (Å²) in [7, 11) is 0. The van der Waals surface area contributed by atoms with Crippen molar-refractivity contribution in [3.63, 3.8) is 0 Å². The Morgan fingerprint density at radius 1 is 1.14 bits per heavy atom. The van der Waals surface area contributed by atoms with Crippen LogP contribution in [0.2, 0.25) is 0 Å². The van der Waals surface area contributed by atoms with Crippen LogP contribution in [-0.2, 0) is 11.3 Å². The predicted molar refractivity (Wildman–Crippen MR) is 110 cm³/mol. The third-order valence-corrected chi connectivity index (χ3v) is 7.07. The number of hydrogen-bond acceptors (Lipinski definition) is 5. The zero-order valence-corrected chi connectivity index (χ0v) is 17.3. The number of carbonyl (C=O) groups is 2. The maximum Gasteiger partial charge on any atom is 0.324 e. The van der Waals surface area contributed by atoms with E-state index in [0.717, 1.165) is 37.1 Å². The van der Waals surface area contributed by atoms with Crippen LogP contribution in [0, 0.1) is 0 Å². The number of urea groups is 1. The summed E-state index contributed by atoms with van der Waals surface area (Å²) in [6.45, 7) is 1.35. The molecule has 0 bridgehead atoms. The van der Waals surface area contributed by atoms with Gasteiger partial charge >= 0.3 is 6.03 Å². The highest BCUT2D eigenvalue weighted by Crippen LogP contribution is 2.31. The highest BCUT2D eigenvalue weighted by Gasteiger charge is 2.33. The molecule has 154 valence electrons. The molecule has 1 saturated heterocycles. The van der Waals surface area contributed by atoms with Crippen molar-refractivity contribution in [1.29, 1.82) is 0 Å². The van der Waals surface area contributed by atoms with Crippen LogP contribution in [-0.4, -0.2) is 45.5 Å². The number of thiazole rings is 1. The number of hydrazine groups is 1. The van der Waals surface area contributed by atoms with Crippen molar-refractivity contribution in [3.05, 3.63) is 11.1 Å². The van der Waals surface area contributed by atoms with Crippen LogP contribution in [0.5, 0.6) is 0 Å². The van der Waals surface area contributed by atoms with Gasteiger partial charge in [-0.2, -0.15) is 0 Å². The van der Waals surface area contributed by atoms with E-state index >= 15 is 0 Å². The third-order valence-electron chi connectivity index (χ3n) is 6.18. The molecule has 1 aromatic rings. The number of nitrogens with zero attached hydrogens (tertiary/aromatic N) is 3. The molecule has 1 aromatic heterocycles. The molecule has 28 heavy (non-hydrogen) atoms. The quantitative estimate of drug-likeness (QED) is 0.779. The third kappa shape index (κ3) is 4.84. The van der Waals surface area contributed by atoms with Gasteiger partial charge in [0, 0.05) is 36.1 Å². The molecule has 3 aliphatic rings. The van der Waals surface area contributed by atoms with E-state index in [0.29, 0.717) is 30.2 Å². The van der Waals surface area contributed by atoms with Crippen molar-refractivity contribution in [1.82, 2.24) is 20.3 Å². The summed E-state index contributed by atoms with van der Waals surface area (Å²) in [5.74, 6) is 0.0636. The Balaban J connectivity index is 1.39. The lowest BCUT2D eigenvalue weighted by atomic mass is 9.89. The van der Waals surface area contributed by atoms with E-state index in [1.807, 2.05) is 5.01 Å². The minimum atomic E-state index is 0.0224. The Morgan fingerprint density at radius 3 is 2.36 bits per heavy atom. The van der Waals surface area contributed by atoms with Crippen molar-refractivity contribution in [3.8, 4) is 0 Å². The molecule has 0 unspecified atom stereocenters. The fraction of sp³-hybridized carbons (Fsp3) is 0.750. The second-order valence-electron chi connectivity index (χ2n) is 8.26. The molecule has 2 aliphatic carbocycles. The SMILES string of the molecule is O=C1CCN(Cc2cnc(NC(=O)N(C3CCCCC3)C3CCCCC3)s2)N1. The second kappa shape index (κ2) is 9.22. The fourth-order valence-corrected chi connectivity index (χ4v) is 5.59. The maximum atomic E-state index is 13.2. The molecule has 2 heterocycles. The molecule has 3 amide bonds. The Morgan fingerprint density at radius 2 is 1.79 bits per heavy atom. The van der Waals surface area contributed by atoms with E-state index in [4.69, 9.17) is 0 Å². The molecule has 7 nitrogen and oxygen atoms in total. The summed E-state index contributed by atoms with van der Waals surface area (Å²) in [5.41, 5.74) is 2.83. The van der Waals surface area contributed by atoms with Crippen molar-refractivity contribution in [2.45, 2.75) is 89.3 Å². The number of rotatable bonds is 5. The lowest BCUT2D eigenvalue weighted by molar-refractivity contribution is -0.121. The Hall–Kier alpha value is -1.67. The molecule has 8 heteroatoms. The Kier molecular flexibility index (Phi) is 6.47. The van der Waals surface area contributed by atoms with Crippen LogP contribution in [0.4, 0.5) is 9.93 Å². The van der Waals surface area contributed by atoms with Crippen molar-refractivity contribution in [2.24, 2.45) is 0 Å². The monoisotopic (exact) mass is 405 g/mol. The molecule has 4 rings (SSSR count). The first-order valence-electron chi connectivity index (χ1n) is 10.8. The molecule has 1 aliphatic heterocycles. The fourth-order valence-electron chi connectivity index (χ4n) is 4.77. The standard InChI is InChI=1S/C20H31N5O2S/c26-18-11-12-24(23-18)14-17-13-21-19(28-17)22-20(27)25(15-7-3-1-4-8-15)16-9-5-2-6-10-16/h13,15-16H,1-12,14H2,(H,23,26)(H,21,22,27). The maximum absolute atomic E-state index is 13.2. The Bertz CT molecular complexity index is 664. The average Bonchev–Trinajstić information content (AvgIpc) is 3.32. The first kappa shape index (κ1) is 19.6. The van der Waals surface area contributed by atoms with E-state index < -0.39 is 0 Å². The van der Waals surface area contributed by atoms with Crippen LogP contribution < -0.4 is 10.7 Å². The molecule has 3 fully saturated rings. The van der Waals surface area contributed by atoms with E-state index in [9.17, 15) is 9.59 Å². The van der Waals surface area contributed by atoms with Gasteiger partial charge in [-0.15, -0.1) is 11.3 Å². The smallest absolute Gasteiger partial charge is 0.319 e. The lowest BCUT2D eigenvalue weighted by Crippen LogP contribution is -2.50. The van der Waals surface area contributed by atoms with Crippen LogP contribution in [0.15, 0.2) is 6.20 Å². The molecule has 0 radical (unpaired) electrons. The van der Waals surface area contributed by atoms with E-state index in [1.165, 1.54) is 49.9 Å². The zero-order chi connectivity index (χ0) is 19.3. The average molecular weight is 406 g/mol. The van der Waals surface area contributed by atoms with Crippen LogP contribution in [0.25, 0.3) is 0 Å². The zero-order valence-electron chi connectivity index (χ0n) is 16.5. The Labute approximate surface area is 170 Å². The molecular formula is C20H31N5O2S. The van der Waals surface area contributed by atoms with E-state index in [2.05, 4.69) is 20.6 Å². The number of nitrogens with one attached hydrogen (secondary N) is 2. The summed E-state index contributed by atoms with van der Waals surface area (Å²) < 4.78 is 0. The highest BCUT2D eigenvalue weighted by molar-refractivity contribution is 7.15. The van der Waals surface area contributed by atoms with Gasteiger partial charge in [0.1, 0.15) is 0 Å². The summed E-state index contributed by atoms with van der Waals surface area (Å²) >= 11 is 1.50. The van der Waals surface area contributed by atoms with Gasteiger partial charge in [-0.3, -0.25) is 15.5 Å². The first-order chi connectivity index (χ1) is 13.7. The molecule has 0 spiro atoms. The van der Waals surface area contributed by atoms with Gasteiger partial charge in [0.25, 0.3) is 0 Å². The highest BCUT2D eigenvalue weighted by atomic mass is 32.1. The molecule has 2 saturated carbocycles. The van der Waals surface area contributed by atoms with E-state index in [1.54, 1.807) is 6.20 Å². The van der Waals surface area contributed by atoms with Gasteiger partial charge in [0.15, 0.2) is 5.13 Å². The topological polar surface area (TPSA) is 77.6 Å². The predicted octanol–water partition coefficient (Wildman–Crippen LogP) is 3.88. The largest absolute Gasteiger partial charge is 0.324 e. The number of hydrogen-bond donors (Lipinski definition) is 2.